The lowest BCUT2D eigenvalue weighted by Crippen LogP contribution is -2.00. The van der Waals surface area contributed by atoms with Crippen molar-refractivity contribution in [1.29, 1.82) is 5.26 Å². The summed E-state index contributed by atoms with van der Waals surface area (Å²) < 4.78 is 10.7. The maximum Gasteiger partial charge on any atom is 0.302 e. The molecule has 4 nitrogen and oxygen atoms in total. The van der Waals surface area contributed by atoms with E-state index in [4.69, 9.17) is 14.7 Å². The molecule has 0 N–H and O–H groups in total. The Bertz CT molecular complexity index is 730. The minimum Gasteiger partial charge on any atom is -0.494 e. The molecule has 0 fully saturated rings. The number of carbonyl (C=O) groups is 1. The summed E-state index contributed by atoms with van der Waals surface area (Å²) in [4.78, 5) is 10.6. The van der Waals surface area contributed by atoms with E-state index in [0.717, 1.165) is 49.2 Å². The van der Waals surface area contributed by atoms with Crippen LogP contribution in [0.15, 0.2) is 48.5 Å². The molecule has 0 radical (unpaired) electrons. The average molecular weight is 365 g/mol. The second kappa shape index (κ2) is 11.7. The number of nitriles is 1. The fourth-order valence-corrected chi connectivity index (χ4v) is 2.80. The van der Waals surface area contributed by atoms with Gasteiger partial charge in [0, 0.05) is 6.92 Å². The molecule has 2 aromatic carbocycles. The largest absolute Gasteiger partial charge is 0.494 e. The van der Waals surface area contributed by atoms with Gasteiger partial charge < -0.3 is 9.47 Å². The normalized spacial score (nSPS) is 10.2. The molecule has 0 aromatic heterocycles. The van der Waals surface area contributed by atoms with Gasteiger partial charge in [-0.1, -0.05) is 49.9 Å². The molecule has 4 heteroatoms. The van der Waals surface area contributed by atoms with Crippen molar-refractivity contribution in [2.75, 3.05) is 13.2 Å². The van der Waals surface area contributed by atoms with E-state index in [-0.39, 0.29) is 5.97 Å². The van der Waals surface area contributed by atoms with Gasteiger partial charge in [-0.15, -0.1) is 0 Å². The van der Waals surface area contributed by atoms with E-state index in [1.807, 2.05) is 48.5 Å². The summed E-state index contributed by atoms with van der Waals surface area (Å²) in [6, 6.07) is 17.8. The molecule has 0 aliphatic heterocycles. The Labute approximate surface area is 161 Å². The highest BCUT2D eigenvalue weighted by Crippen LogP contribution is 2.23. The molecule has 0 spiro atoms. The predicted octanol–water partition coefficient (Wildman–Crippen LogP) is 5.51. The third-order valence-corrected chi connectivity index (χ3v) is 4.31. The molecule has 2 rings (SSSR count). The number of benzene rings is 2. The van der Waals surface area contributed by atoms with Crippen LogP contribution in [0.3, 0.4) is 0 Å². The van der Waals surface area contributed by atoms with Gasteiger partial charge in [-0.25, -0.2) is 0 Å². The van der Waals surface area contributed by atoms with E-state index in [1.54, 1.807) is 0 Å². The summed E-state index contributed by atoms with van der Waals surface area (Å²) >= 11 is 0. The molecule has 0 aliphatic carbocycles. The zero-order valence-corrected chi connectivity index (χ0v) is 15.9. The lowest BCUT2D eigenvalue weighted by Gasteiger charge is -2.08. The van der Waals surface area contributed by atoms with Gasteiger partial charge in [-0.2, -0.15) is 5.26 Å². The molecule has 0 aliphatic rings. The summed E-state index contributed by atoms with van der Waals surface area (Å²) in [6.07, 6.45) is 6.59. The minimum absolute atomic E-state index is 0.197. The Morgan fingerprint density at radius 1 is 0.815 bits per heavy atom. The first kappa shape index (κ1) is 20.5. The molecule has 0 saturated heterocycles. The number of esters is 1. The molecular formula is C23H27NO3. The van der Waals surface area contributed by atoms with E-state index in [0.29, 0.717) is 12.2 Å². The van der Waals surface area contributed by atoms with Crippen molar-refractivity contribution in [3.05, 3.63) is 54.1 Å². The monoisotopic (exact) mass is 365 g/mol. The third kappa shape index (κ3) is 7.96. The zero-order valence-electron chi connectivity index (χ0n) is 15.9. The Hall–Kier alpha value is -2.80. The highest BCUT2D eigenvalue weighted by molar-refractivity contribution is 5.66. The van der Waals surface area contributed by atoms with Gasteiger partial charge in [-0.05, 0) is 48.2 Å². The van der Waals surface area contributed by atoms with Gasteiger partial charge in [0.2, 0.25) is 0 Å². The van der Waals surface area contributed by atoms with Gasteiger partial charge in [0.15, 0.2) is 0 Å². The second-order valence-electron chi connectivity index (χ2n) is 6.52. The van der Waals surface area contributed by atoms with E-state index >= 15 is 0 Å². The smallest absolute Gasteiger partial charge is 0.302 e. The number of carbonyl (C=O) groups excluding carboxylic acids is 1. The Morgan fingerprint density at radius 2 is 1.33 bits per heavy atom. The summed E-state index contributed by atoms with van der Waals surface area (Å²) in [5.41, 5.74) is 2.87. The van der Waals surface area contributed by atoms with Gasteiger partial charge in [-0.3, -0.25) is 4.79 Å². The van der Waals surface area contributed by atoms with Crippen molar-refractivity contribution < 1.29 is 14.3 Å². The predicted molar refractivity (Wildman–Crippen MR) is 106 cm³/mol. The Balaban J connectivity index is 1.59. The Kier molecular flexibility index (Phi) is 8.92. The number of unbranched alkanes of at least 4 members (excludes halogenated alkanes) is 5. The SMILES string of the molecule is CC(=O)OCCCCCCCCOc1ccc(-c2ccc(C#N)cc2)cc1. The molecule has 0 amide bonds. The van der Waals surface area contributed by atoms with Crippen LogP contribution in [-0.4, -0.2) is 19.2 Å². The molecule has 0 heterocycles. The lowest BCUT2D eigenvalue weighted by atomic mass is 10.0. The van der Waals surface area contributed by atoms with E-state index in [1.165, 1.54) is 19.8 Å². The minimum atomic E-state index is -0.197. The van der Waals surface area contributed by atoms with Gasteiger partial charge in [0.1, 0.15) is 5.75 Å². The molecule has 0 atom stereocenters. The highest BCUT2D eigenvalue weighted by atomic mass is 16.5. The highest BCUT2D eigenvalue weighted by Gasteiger charge is 2.00. The molecule has 142 valence electrons. The first-order valence-electron chi connectivity index (χ1n) is 9.56. The van der Waals surface area contributed by atoms with Crippen molar-refractivity contribution in [3.63, 3.8) is 0 Å². The average Bonchev–Trinajstić information content (AvgIpc) is 2.70. The first-order chi connectivity index (χ1) is 13.2. The Morgan fingerprint density at radius 3 is 1.89 bits per heavy atom. The van der Waals surface area contributed by atoms with Crippen LogP contribution in [0.5, 0.6) is 5.75 Å². The van der Waals surface area contributed by atoms with Crippen LogP contribution in [0.1, 0.15) is 51.0 Å². The standard InChI is InChI=1S/C23H27NO3/c1-19(25)26-16-6-4-2-3-5-7-17-27-23-14-12-22(13-15-23)21-10-8-20(18-24)9-11-21/h8-15H,2-7,16-17H2,1H3. The summed E-state index contributed by atoms with van der Waals surface area (Å²) in [7, 11) is 0. The first-order valence-corrected chi connectivity index (χ1v) is 9.56. The summed E-state index contributed by atoms with van der Waals surface area (Å²) in [5, 5.41) is 8.86. The van der Waals surface area contributed by atoms with Crippen molar-refractivity contribution in [1.82, 2.24) is 0 Å². The second-order valence-corrected chi connectivity index (χ2v) is 6.52. The van der Waals surface area contributed by atoms with Crippen LogP contribution in [-0.2, 0) is 9.53 Å². The maximum absolute atomic E-state index is 10.6. The fraction of sp³-hybridized carbons (Fsp3) is 0.391. The molecule has 0 bridgehead atoms. The number of nitrogens with zero attached hydrogens (tertiary/aromatic N) is 1. The van der Waals surface area contributed by atoms with Crippen LogP contribution >= 0.6 is 0 Å². The number of hydrogen-bond acceptors (Lipinski definition) is 4. The summed E-state index contributed by atoms with van der Waals surface area (Å²) in [5.74, 6) is 0.686. The third-order valence-electron chi connectivity index (χ3n) is 4.31. The lowest BCUT2D eigenvalue weighted by molar-refractivity contribution is -0.141. The van der Waals surface area contributed by atoms with Crippen molar-refractivity contribution in [2.24, 2.45) is 0 Å². The van der Waals surface area contributed by atoms with Crippen LogP contribution in [0, 0.1) is 11.3 Å². The quantitative estimate of drug-likeness (QED) is 0.389. The van der Waals surface area contributed by atoms with Crippen LogP contribution in [0.2, 0.25) is 0 Å². The van der Waals surface area contributed by atoms with Crippen molar-refractivity contribution >= 4 is 5.97 Å². The van der Waals surface area contributed by atoms with Crippen LogP contribution in [0.4, 0.5) is 0 Å². The molecule has 2 aromatic rings. The van der Waals surface area contributed by atoms with Crippen molar-refractivity contribution in [3.8, 4) is 22.9 Å². The summed E-state index contributed by atoms with van der Waals surface area (Å²) in [6.45, 7) is 2.71. The van der Waals surface area contributed by atoms with E-state index < -0.39 is 0 Å². The van der Waals surface area contributed by atoms with E-state index in [2.05, 4.69) is 6.07 Å². The number of rotatable bonds is 11. The number of ether oxygens (including phenoxy) is 2. The van der Waals surface area contributed by atoms with Crippen molar-refractivity contribution in [2.45, 2.75) is 45.4 Å². The van der Waals surface area contributed by atoms with Gasteiger partial charge in [0.25, 0.3) is 0 Å². The van der Waals surface area contributed by atoms with Crippen LogP contribution < -0.4 is 4.74 Å². The maximum atomic E-state index is 10.6. The van der Waals surface area contributed by atoms with Crippen LogP contribution in [0.25, 0.3) is 11.1 Å². The van der Waals surface area contributed by atoms with Gasteiger partial charge in [0.05, 0.1) is 24.8 Å². The number of hydrogen-bond donors (Lipinski definition) is 0. The molecule has 27 heavy (non-hydrogen) atoms. The molecular weight excluding hydrogens is 338 g/mol. The molecule has 0 saturated carbocycles. The van der Waals surface area contributed by atoms with E-state index in [9.17, 15) is 4.79 Å². The molecule has 0 unspecified atom stereocenters. The topological polar surface area (TPSA) is 59.3 Å². The van der Waals surface area contributed by atoms with Gasteiger partial charge >= 0.3 is 5.97 Å². The fourth-order valence-electron chi connectivity index (χ4n) is 2.80. The zero-order chi connectivity index (χ0) is 19.3.